The van der Waals surface area contributed by atoms with E-state index in [9.17, 15) is 14.7 Å². The van der Waals surface area contributed by atoms with E-state index in [-0.39, 0.29) is 16.9 Å². The van der Waals surface area contributed by atoms with E-state index in [0.29, 0.717) is 12.4 Å². The van der Waals surface area contributed by atoms with Crippen molar-refractivity contribution in [3.8, 4) is 11.5 Å². The third-order valence-corrected chi connectivity index (χ3v) is 4.04. The molecule has 0 saturated carbocycles. The molecule has 28 heavy (non-hydrogen) atoms. The zero-order chi connectivity index (χ0) is 19.9. The van der Waals surface area contributed by atoms with E-state index < -0.39 is 11.8 Å². The maximum atomic E-state index is 12.3. The molecule has 0 aliphatic rings. The van der Waals surface area contributed by atoms with Gasteiger partial charge in [0, 0.05) is 0 Å². The molecule has 140 valence electrons. The number of carbonyl (C=O) groups excluding carboxylic acids is 1. The van der Waals surface area contributed by atoms with Gasteiger partial charge in [0.1, 0.15) is 18.1 Å². The lowest BCUT2D eigenvalue weighted by Gasteiger charge is -2.07. The van der Waals surface area contributed by atoms with Crippen LogP contribution >= 0.6 is 0 Å². The number of ketones is 1. The second-order valence-electron chi connectivity index (χ2n) is 6.08. The summed E-state index contributed by atoms with van der Waals surface area (Å²) in [5, 5.41) is 18.9. The molecule has 0 spiro atoms. The largest absolute Gasteiger partial charge is 0.507 e. The van der Waals surface area contributed by atoms with Gasteiger partial charge in [-0.2, -0.15) is 0 Å². The van der Waals surface area contributed by atoms with Crippen LogP contribution in [0.3, 0.4) is 0 Å². The van der Waals surface area contributed by atoms with Gasteiger partial charge in [-0.3, -0.25) is 4.79 Å². The Morgan fingerprint density at radius 3 is 2.46 bits per heavy atom. The maximum Gasteiger partial charge on any atom is 0.335 e. The topological polar surface area (TPSA) is 83.8 Å². The van der Waals surface area contributed by atoms with Gasteiger partial charge in [-0.15, -0.1) is 0 Å². The normalized spacial score (nSPS) is 10.7. The van der Waals surface area contributed by atoms with Crippen LogP contribution in [-0.2, 0) is 6.61 Å². The Morgan fingerprint density at radius 1 is 0.929 bits per heavy atom. The fourth-order valence-corrected chi connectivity index (χ4v) is 2.58. The van der Waals surface area contributed by atoms with Crippen molar-refractivity contribution in [3.05, 3.63) is 101 Å². The average molecular weight is 374 g/mol. The molecule has 0 bridgehead atoms. The molecule has 0 aliphatic carbocycles. The molecule has 0 aromatic heterocycles. The lowest BCUT2D eigenvalue weighted by molar-refractivity contribution is 0.0697. The summed E-state index contributed by atoms with van der Waals surface area (Å²) in [7, 11) is 0. The fourth-order valence-electron chi connectivity index (χ4n) is 2.58. The third-order valence-electron chi connectivity index (χ3n) is 4.04. The highest BCUT2D eigenvalue weighted by Gasteiger charge is 2.12. The Bertz CT molecular complexity index is 1020. The highest BCUT2D eigenvalue weighted by molar-refractivity contribution is 6.09. The van der Waals surface area contributed by atoms with Gasteiger partial charge in [-0.25, -0.2) is 4.79 Å². The highest BCUT2D eigenvalue weighted by Crippen LogP contribution is 2.21. The van der Waals surface area contributed by atoms with Gasteiger partial charge in [-0.1, -0.05) is 48.5 Å². The summed E-state index contributed by atoms with van der Waals surface area (Å²) in [5.74, 6) is -1.26. The lowest BCUT2D eigenvalue weighted by Crippen LogP contribution is -2.01. The van der Waals surface area contributed by atoms with E-state index in [1.807, 2.05) is 48.5 Å². The second-order valence-corrected chi connectivity index (χ2v) is 6.08. The van der Waals surface area contributed by atoms with Crippen LogP contribution < -0.4 is 4.74 Å². The number of phenols is 1. The number of phenolic OH excluding ortho intramolecular Hbond substituents is 1. The van der Waals surface area contributed by atoms with Crippen molar-refractivity contribution < 1.29 is 24.5 Å². The zero-order valence-electron chi connectivity index (χ0n) is 14.9. The first kappa shape index (κ1) is 18.9. The van der Waals surface area contributed by atoms with Crippen LogP contribution in [-0.4, -0.2) is 22.0 Å². The molecule has 0 fully saturated rings. The monoisotopic (exact) mass is 374 g/mol. The number of hydrogen-bond acceptors (Lipinski definition) is 4. The van der Waals surface area contributed by atoms with Gasteiger partial charge in [0.05, 0.1) is 11.1 Å². The van der Waals surface area contributed by atoms with E-state index in [2.05, 4.69) is 0 Å². The molecule has 5 nitrogen and oxygen atoms in total. The van der Waals surface area contributed by atoms with Crippen LogP contribution in [0.15, 0.2) is 78.9 Å². The summed E-state index contributed by atoms with van der Waals surface area (Å²) in [6.07, 6.45) is 2.88. The lowest BCUT2D eigenvalue weighted by atomic mass is 10.0. The highest BCUT2D eigenvalue weighted by atomic mass is 16.5. The van der Waals surface area contributed by atoms with Crippen LogP contribution in [0, 0.1) is 0 Å². The van der Waals surface area contributed by atoms with E-state index in [4.69, 9.17) is 9.84 Å². The predicted molar refractivity (Wildman–Crippen MR) is 106 cm³/mol. The van der Waals surface area contributed by atoms with Crippen molar-refractivity contribution >= 4 is 17.8 Å². The van der Waals surface area contributed by atoms with Crippen LogP contribution in [0.2, 0.25) is 0 Å². The number of carboxylic acid groups (broad SMARTS) is 1. The Kier molecular flexibility index (Phi) is 5.87. The molecule has 5 heteroatoms. The van der Waals surface area contributed by atoms with E-state index >= 15 is 0 Å². The summed E-state index contributed by atoms with van der Waals surface area (Å²) in [6.45, 7) is 0.433. The molecule has 3 aromatic rings. The van der Waals surface area contributed by atoms with Gasteiger partial charge in [0.25, 0.3) is 0 Å². The summed E-state index contributed by atoms with van der Waals surface area (Å²) in [4.78, 5) is 23.4. The van der Waals surface area contributed by atoms with Crippen LogP contribution in [0.5, 0.6) is 11.5 Å². The standard InChI is InChI=1S/C23H18O5/c24-21(20-14-18(23(26)27)10-12-22(20)25)11-9-16-7-4-8-19(13-16)28-15-17-5-2-1-3-6-17/h1-14,25H,15H2,(H,26,27)/b11-9+. The molecule has 0 aliphatic heterocycles. The Balaban J connectivity index is 1.71. The third kappa shape index (κ3) is 4.86. The first-order valence-electron chi connectivity index (χ1n) is 8.58. The number of hydrogen-bond donors (Lipinski definition) is 2. The molecule has 0 saturated heterocycles. The first-order chi connectivity index (χ1) is 13.5. The number of ether oxygens (including phenoxy) is 1. The minimum atomic E-state index is -1.17. The predicted octanol–water partition coefficient (Wildman–Crippen LogP) is 4.57. The quantitative estimate of drug-likeness (QED) is 0.468. The molecule has 3 aromatic carbocycles. The van der Waals surface area contributed by atoms with Crippen molar-refractivity contribution in [2.45, 2.75) is 6.61 Å². The minimum absolute atomic E-state index is 0.0624. The minimum Gasteiger partial charge on any atom is -0.507 e. The average Bonchev–Trinajstić information content (AvgIpc) is 2.72. The summed E-state index contributed by atoms with van der Waals surface area (Å²) >= 11 is 0. The summed E-state index contributed by atoms with van der Waals surface area (Å²) < 4.78 is 5.76. The molecule has 0 heterocycles. The molecule has 3 rings (SSSR count). The maximum absolute atomic E-state index is 12.3. The fraction of sp³-hybridized carbons (Fsp3) is 0.0435. The number of aromatic carboxylic acids is 1. The van der Waals surface area contributed by atoms with Gasteiger partial charge in [0.15, 0.2) is 5.78 Å². The van der Waals surface area contributed by atoms with E-state index in [1.54, 1.807) is 12.1 Å². The van der Waals surface area contributed by atoms with Gasteiger partial charge >= 0.3 is 5.97 Å². The van der Waals surface area contributed by atoms with Crippen molar-refractivity contribution in [1.82, 2.24) is 0 Å². The number of carbonyl (C=O) groups is 2. The van der Waals surface area contributed by atoms with E-state index in [0.717, 1.165) is 17.2 Å². The Morgan fingerprint density at radius 2 is 1.71 bits per heavy atom. The summed E-state index contributed by atoms with van der Waals surface area (Å²) in [5.41, 5.74) is 1.67. The molecular weight excluding hydrogens is 356 g/mol. The van der Waals surface area contributed by atoms with Crippen LogP contribution in [0.25, 0.3) is 6.08 Å². The SMILES string of the molecule is O=C(O)c1ccc(O)c(C(=O)/C=C/c2cccc(OCc3ccccc3)c2)c1. The smallest absolute Gasteiger partial charge is 0.335 e. The zero-order valence-corrected chi connectivity index (χ0v) is 14.9. The van der Waals surface area contributed by atoms with Crippen LogP contribution in [0.4, 0.5) is 0 Å². The molecule has 2 N–H and O–H groups in total. The van der Waals surface area contributed by atoms with E-state index in [1.165, 1.54) is 18.2 Å². The number of benzene rings is 3. The molecule has 0 atom stereocenters. The van der Waals surface area contributed by atoms with Gasteiger partial charge in [-0.05, 0) is 47.5 Å². The van der Waals surface area contributed by atoms with Crippen molar-refractivity contribution in [3.63, 3.8) is 0 Å². The number of allylic oxidation sites excluding steroid dienone is 1. The van der Waals surface area contributed by atoms with Gasteiger partial charge < -0.3 is 14.9 Å². The second kappa shape index (κ2) is 8.68. The van der Waals surface area contributed by atoms with Gasteiger partial charge in [0.2, 0.25) is 0 Å². The van der Waals surface area contributed by atoms with Crippen LogP contribution in [0.1, 0.15) is 31.8 Å². The van der Waals surface area contributed by atoms with Crippen molar-refractivity contribution in [2.75, 3.05) is 0 Å². The number of rotatable bonds is 7. The molecular formula is C23H18O5. The van der Waals surface area contributed by atoms with Crippen molar-refractivity contribution in [2.24, 2.45) is 0 Å². The Labute approximate surface area is 162 Å². The molecule has 0 amide bonds. The first-order valence-corrected chi connectivity index (χ1v) is 8.58. The number of carboxylic acids is 1. The molecule has 0 radical (unpaired) electrons. The Hall–Kier alpha value is -3.86. The summed E-state index contributed by atoms with van der Waals surface area (Å²) in [6, 6.07) is 20.6. The molecule has 0 unspecified atom stereocenters. The van der Waals surface area contributed by atoms with Crippen molar-refractivity contribution in [1.29, 1.82) is 0 Å². The number of aromatic hydroxyl groups is 1.